The van der Waals surface area contributed by atoms with Crippen LogP contribution in [0.2, 0.25) is 0 Å². The highest BCUT2D eigenvalue weighted by atomic mass is 16.5. The molecule has 0 radical (unpaired) electrons. The van der Waals surface area contributed by atoms with Gasteiger partial charge in [0.15, 0.2) is 5.82 Å². The van der Waals surface area contributed by atoms with Crippen LogP contribution in [0.1, 0.15) is 32.2 Å². The Bertz CT molecular complexity index is 1090. The molecule has 0 fully saturated rings. The monoisotopic (exact) mass is 386 g/mol. The molecule has 0 amide bonds. The van der Waals surface area contributed by atoms with Gasteiger partial charge in [-0.2, -0.15) is 4.98 Å². The van der Waals surface area contributed by atoms with E-state index in [0.717, 1.165) is 22.3 Å². The topological polar surface area (TPSA) is 104 Å². The Morgan fingerprint density at radius 2 is 1.66 bits per heavy atom. The predicted octanol–water partition coefficient (Wildman–Crippen LogP) is 4.13. The number of pyridine rings is 1. The number of nitrogen functional groups attached to an aromatic ring is 1. The van der Waals surface area contributed by atoms with Gasteiger partial charge in [0.25, 0.3) is 5.89 Å². The number of benzene rings is 1. The van der Waals surface area contributed by atoms with Gasteiger partial charge in [-0.05, 0) is 36.1 Å². The lowest BCUT2D eigenvalue weighted by molar-refractivity contribution is 0.351. The van der Waals surface area contributed by atoms with Crippen molar-refractivity contribution in [1.82, 2.24) is 25.1 Å². The minimum absolute atomic E-state index is 0.243. The minimum atomic E-state index is -0.417. The van der Waals surface area contributed by atoms with Gasteiger partial charge in [0.1, 0.15) is 0 Å². The average Bonchev–Trinajstić information content (AvgIpc) is 3.25. The highest BCUT2D eigenvalue weighted by Gasteiger charge is 2.37. The highest BCUT2D eigenvalue weighted by Crippen LogP contribution is 2.38. The van der Waals surface area contributed by atoms with Crippen LogP contribution in [0.25, 0.3) is 22.6 Å². The van der Waals surface area contributed by atoms with E-state index in [4.69, 9.17) is 10.3 Å². The average molecular weight is 386 g/mol. The van der Waals surface area contributed by atoms with Gasteiger partial charge in [-0.3, -0.25) is 4.98 Å². The Morgan fingerprint density at radius 3 is 2.28 bits per heavy atom. The Balaban J connectivity index is 1.70. The molecule has 0 aliphatic heterocycles. The van der Waals surface area contributed by atoms with Gasteiger partial charge in [0.2, 0.25) is 5.95 Å². The molecule has 7 heteroatoms. The van der Waals surface area contributed by atoms with E-state index in [1.165, 1.54) is 0 Å². The lowest BCUT2D eigenvalue weighted by Crippen LogP contribution is -2.31. The lowest BCUT2D eigenvalue weighted by Gasteiger charge is -2.31. The molecule has 1 atom stereocenters. The molecule has 0 saturated heterocycles. The molecule has 2 N–H and O–H groups in total. The summed E-state index contributed by atoms with van der Waals surface area (Å²) in [6, 6.07) is 12.0. The van der Waals surface area contributed by atoms with E-state index in [0.29, 0.717) is 11.7 Å². The molecule has 4 rings (SSSR count). The van der Waals surface area contributed by atoms with Crippen molar-refractivity contribution in [3.05, 3.63) is 72.6 Å². The van der Waals surface area contributed by atoms with E-state index in [1.54, 1.807) is 24.8 Å². The molecule has 1 unspecified atom stereocenters. The second-order valence-electron chi connectivity index (χ2n) is 7.43. The molecule has 0 aliphatic rings. The molecule has 0 aliphatic carbocycles. The van der Waals surface area contributed by atoms with Crippen molar-refractivity contribution >= 4 is 5.95 Å². The second kappa shape index (κ2) is 7.43. The van der Waals surface area contributed by atoms with Crippen molar-refractivity contribution in [3.63, 3.8) is 0 Å². The molecule has 0 spiro atoms. The van der Waals surface area contributed by atoms with E-state index in [2.05, 4.69) is 58.0 Å². The number of aromatic nitrogens is 5. The van der Waals surface area contributed by atoms with Gasteiger partial charge in [0, 0.05) is 30.4 Å². The third kappa shape index (κ3) is 3.47. The van der Waals surface area contributed by atoms with Crippen molar-refractivity contribution in [2.45, 2.75) is 26.2 Å². The summed E-state index contributed by atoms with van der Waals surface area (Å²) in [6.07, 6.45) is 6.87. The van der Waals surface area contributed by atoms with Gasteiger partial charge in [0.05, 0.1) is 11.0 Å². The molecule has 0 bridgehead atoms. The summed E-state index contributed by atoms with van der Waals surface area (Å²) in [5, 5.41) is 4.30. The summed E-state index contributed by atoms with van der Waals surface area (Å²) in [5.74, 6) is 1.62. The van der Waals surface area contributed by atoms with Gasteiger partial charge in [-0.25, -0.2) is 9.97 Å². The third-order valence-electron chi connectivity index (χ3n) is 5.44. The Hall–Kier alpha value is -3.61. The number of nitrogens with zero attached hydrogens (tertiary/aromatic N) is 5. The normalized spacial score (nSPS) is 13.4. The summed E-state index contributed by atoms with van der Waals surface area (Å²) in [5.41, 5.74) is 9.00. The molecule has 0 saturated carbocycles. The Morgan fingerprint density at radius 1 is 0.931 bits per heavy atom. The fourth-order valence-electron chi connectivity index (χ4n) is 3.26. The van der Waals surface area contributed by atoms with Crippen molar-refractivity contribution in [3.8, 4) is 22.6 Å². The Kier molecular flexibility index (Phi) is 4.80. The minimum Gasteiger partial charge on any atom is -0.368 e. The SMILES string of the molecule is CC(C)C(C)(c1ccc(-c2cnc(N)nc2)cc1)c1noc(-c2cccnc2)n1. The third-order valence-corrected chi connectivity index (χ3v) is 5.44. The smallest absolute Gasteiger partial charge is 0.259 e. The maximum atomic E-state index is 5.58. The summed E-state index contributed by atoms with van der Waals surface area (Å²) >= 11 is 0. The van der Waals surface area contributed by atoms with Crippen molar-refractivity contribution in [2.24, 2.45) is 5.92 Å². The number of nitrogens with two attached hydrogens (primary N) is 1. The Labute approximate surface area is 169 Å². The first-order chi connectivity index (χ1) is 14.0. The van der Waals surface area contributed by atoms with Crippen LogP contribution < -0.4 is 5.73 Å². The first-order valence-electron chi connectivity index (χ1n) is 9.41. The summed E-state index contributed by atoms with van der Waals surface area (Å²) in [4.78, 5) is 16.9. The maximum Gasteiger partial charge on any atom is 0.259 e. The van der Waals surface area contributed by atoms with Crippen LogP contribution in [0, 0.1) is 5.92 Å². The number of anilines is 1. The zero-order valence-electron chi connectivity index (χ0n) is 16.6. The maximum absolute atomic E-state index is 5.58. The van der Waals surface area contributed by atoms with E-state index >= 15 is 0 Å². The van der Waals surface area contributed by atoms with Crippen LogP contribution in [0.5, 0.6) is 0 Å². The summed E-state index contributed by atoms with van der Waals surface area (Å²) < 4.78 is 5.54. The summed E-state index contributed by atoms with van der Waals surface area (Å²) in [7, 11) is 0. The first-order valence-corrected chi connectivity index (χ1v) is 9.41. The fraction of sp³-hybridized carbons (Fsp3) is 0.227. The zero-order valence-corrected chi connectivity index (χ0v) is 16.6. The van der Waals surface area contributed by atoms with Crippen molar-refractivity contribution in [2.75, 3.05) is 5.73 Å². The number of rotatable bonds is 5. The highest BCUT2D eigenvalue weighted by molar-refractivity contribution is 5.62. The molecule has 1 aromatic carbocycles. The van der Waals surface area contributed by atoms with Gasteiger partial charge < -0.3 is 10.3 Å². The zero-order chi connectivity index (χ0) is 20.4. The molecule has 4 aromatic rings. The van der Waals surface area contributed by atoms with Crippen molar-refractivity contribution in [1.29, 1.82) is 0 Å². The standard InChI is InChI=1S/C22H22N6O/c1-14(2)22(3,20-27-19(29-28-20)16-5-4-10-24-11-16)18-8-6-15(7-9-18)17-12-25-21(23)26-13-17/h4-14H,1-3H3,(H2,23,25,26). The van der Waals surface area contributed by atoms with Crippen LogP contribution in [0.4, 0.5) is 5.95 Å². The fourth-order valence-corrected chi connectivity index (χ4v) is 3.26. The molecular weight excluding hydrogens is 364 g/mol. The van der Waals surface area contributed by atoms with Crippen LogP contribution in [-0.4, -0.2) is 25.1 Å². The van der Waals surface area contributed by atoms with E-state index < -0.39 is 5.41 Å². The lowest BCUT2D eigenvalue weighted by atomic mass is 9.72. The number of hydrogen-bond acceptors (Lipinski definition) is 7. The van der Waals surface area contributed by atoms with E-state index in [1.807, 2.05) is 24.3 Å². The second-order valence-corrected chi connectivity index (χ2v) is 7.43. The van der Waals surface area contributed by atoms with Gasteiger partial charge in [-0.1, -0.05) is 43.3 Å². The first kappa shape index (κ1) is 18.7. The molecular formula is C22H22N6O. The number of hydrogen-bond donors (Lipinski definition) is 1. The summed E-state index contributed by atoms with van der Waals surface area (Å²) in [6.45, 7) is 6.44. The van der Waals surface area contributed by atoms with Crippen LogP contribution in [0.3, 0.4) is 0 Å². The van der Waals surface area contributed by atoms with E-state index in [9.17, 15) is 0 Å². The van der Waals surface area contributed by atoms with Crippen LogP contribution >= 0.6 is 0 Å². The largest absolute Gasteiger partial charge is 0.368 e. The molecule has 146 valence electrons. The molecule has 3 heterocycles. The predicted molar refractivity (Wildman–Crippen MR) is 111 cm³/mol. The van der Waals surface area contributed by atoms with Gasteiger partial charge >= 0.3 is 0 Å². The van der Waals surface area contributed by atoms with Crippen LogP contribution in [-0.2, 0) is 5.41 Å². The van der Waals surface area contributed by atoms with Crippen molar-refractivity contribution < 1.29 is 4.52 Å². The quantitative estimate of drug-likeness (QED) is 0.550. The van der Waals surface area contributed by atoms with E-state index in [-0.39, 0.29) is 11.9 Å². The molecule has 7 nitrogen and oxygen atoms in total. The van der Waals surface area contributed by atoms with Crippen LogP contribution in [0.15, 0.2) is 65.7 Å². The molecule has 29 heavy (non-hydrogen) atoms. The van der Waals surface area contributed by atoms with Gasteiger partial charge in [-0.15, -0.1) is 0 Å². The molecule has 3 aromatic heterocycles.